The smallest absolute Gasteiger partial charge is 0.387 e. The number of aliphatic hydroxyl groups excluding tert-OH is 1. The van der Waals surface area contributed by atoms with Crippen LogP contribution in [0.25, 0.3) is 0 Å². The molecule has 1 aromatic rings. The third kappa shape index (κ3) is 4.90. The molecule has 118 valence electrons. The first-order chi connectivity index (χ1) is 10.1. The minimum Gasteiger partial charge on any atom is -0.434 e. The van der Waals surface area contributed by atoms with E-state index in [0.29, 0.717) is 12.1 Å². The summed E-state index contributed by atoms with van der Waals surface area (Å²) in [6, 6.07) is 5.22. The molecule has 0 aromatic heterocycles. The zero-order valence-corrected chi connectivity index (χ0v) is 13.3. The van der Waals surface area contributed by atoms with Crippen LogP contribution in [0.1, 0.15) is 31.2 Å². The van der Waals surface area contributed by atoms with Crippen molar-refractivity contribution < 1.29 is 18.6 Å². The highest BCUT2D eigenvalue weighted by Crippen LogP contribution is 2.27. The molecule has 0 heterocycles. The molecule has 21 heavy (non-hydrogen) atoms. The Morgan fingerprint density at radius 3 is 2.81 bits per heavy atom. The van der Waals surface area contributed by atoms with E-state index in [1.807, 2.05) is 0 Å². The number of halogens is 3. The lowest BCUT2D eigenvalue weighted by Gasteiger charge is -2.31. The Labute approximate surface area is 131 Å². The first-order valence-electron chi connectivity index (χ1n) is 7.17. The van der Waals surface area contributed by atoms with Crippen LogP contribution in [0.4, 0.5) is 8.78 Å². The number of rotatable bonds is 6. The zero-order valence-electron chi connectivity index (χ0n) is 11.7. The Morgan fingerprint density at radius 2 is 2.10 bits per heavy atom. The maximum Gasteiger partial charge on any atom is 0.387 e. The minimum atomic E-state index is -2.83. The van der Waals surface area contributed by atoms with E-state index in [1.165, 1.54) is 6.07 Å². The van der Waals surface area contributed by atoms with Gasteiger partial charge in [-0.15, -0.1) is 0 Å². The maximum absolute atomic E-state index is 12.4. The van der Waals surface area contributed by atoms with E-state index in [9.17, 15) is 13.9 Å². The lowest BCUT2D eigenvalue weighted by molar-refractivity contribution is -0.0505. The Balaban J connectivity index is 2.02. The van der Waals surface area contributed by atoms with Crippen LogP contribution in [-0.4, -0.2) is 24.4 Å². The monoisotopic (exact) mass is 363 g/mol. The summed E-state index contributed by atoms with van der Waals surface area (Å²) in [6.45, 7) is -2.22. The van der Waals surface area contributed by atoms with Crippen molar-refractivity contribution in [1.29, 1.82) is 0 Å². The zero-order chi connectivity index (χ0) is 15.2. The van der Waals surface area contributed by atoms with E-state index in [2.05, 4.69) is 26.0 Å². The number of benzene rings is 1. The molecule has 1 aliphatic carbocycles. The highest BCUT2D eigenvalue weighted by molar-refractivity contribution is 9.10. The summed E-state index contributed by atoms with van der Waals surface area (Å²) in [7, 11) is 0. The molecule has 2 atom stereocenters. The summed E-state index contributed by atoms with van der Waals surface area (Å²) < 4.78 is 30.2. The molecular formula is C15H20BrF2NO2. The molecule has 2 N–H and O–H groups in total. The van der Waals surface area contributed by atoms with Crippen LogP contribution in [0.2, 0.25) is 0 Å². The SMILES string of the molecule is OCC1CCCCC1NCc1cc(Br)ccc1OC(F)F. The van der Waals surface area contributed by atoms with E-state index in [-0.39, 0.29) is 24.3 Å². The Bertz CT molecular complexity index is 459. The van der Waals surface area contributed by atoms with E-state index >= 15 is 0 Å². The first-order valence-corrected chi connectivity index (χ1v) is 7.97. The normalized spacial score (nSPS) is 22.5. The van der Waals surface area contributed by atoms with Gasteiger partial charge in [0, 0.05) is 29.2 Å². The van der Waals surface area contributed by atoms with Gasteiger partial charge in [0.2, 0.25) is 0 Å². The van der Waals surface area contributed by atoms with Crippen molar-refractivity contribution in [3.05, 3.63) is 28.2 Å². The number of hydrogen-bond acceptors (Lipinski definition) is 3. The summed E-state index contributed by atoms with van der Waals surface area (Å²) >= 11 is 3.34. The average Bonchev–Trinajstić information content (AvgIpc) is 2.47. The summed E-state index contributed by atoms with van der Waals surface area (Å²) in [5, 5.41) is 12.8. The van der Waals surface area contributed by atoms with Gasteiger partial charge in [-0.25, -0.2) is 0 Å². The molecule has 0 bridgehead atoms. The predicted octanol–water partition coefficient (Wildman–Crippen LogP) is 3.69. The van der Waals surface area contributed by atoms with Crippen LogP contribution in [0.3, 0.4) is 0 Å². The summed E-state index contributed by atoms with van der Waals surface area (Å²) in [5.74, 6) is 0.433. The maximum atomic E-state index is 12.4. The third-order valence-corrected chi connectivity index (χ3v) is 4.43. The van der Waals surface area contributed by atoms with Gasteiger partial charge in [0.15, 0.2) is 0 Å². The Hall–Kier alpha value is -0.720. The highest BCUT2D eigenvalue weighted by Gasteiger charge is 2.24. The van der Waals surface area contributed by atoms with Gasteiger partial charge in [-0.2, -0.15) is 8.78 Å². The average molecular weight is 364 g/mol. The van der Waals surface area contributed by atoms with E-state index in [4.69, 9.17) is 0 Å². The van der Waals surface area contributed by atoms with Crippen LogP contribution in [0.5, 0.6) is 5.75 Å². The molecular weight excluding hydrogens is 344 g/mol. The first kappa shape index (κ1) is 16.6. The van der Waals surface area contributed by atoms with Crippen LogP contribution >= 0.6 is 15.9 Å². The number of alkyl halides is 2. The van der Waals surface area contributed by atoms with Crippen LogP contribution in [0, 0.1) is 5.92 Å². The van der Waals surface area contributed by atoms with Crippen LogP contribution in [0.15, 0.2) is 22.7 Å². The van der Waals surface area contributed by atoms with Crippen LogP contribution < -0.4 is 10.1 Å². The fourth-order valence-electron chi connectivity index (χ4n) is 2.83. The van der Waals surface area contributed by atoms with Crippen LogP contribution in [-0.2, 0) is 6.54 Å². The second-order valence-corrected chi connectivity index (χ2v) is 6.26. The van der Waals surface area contributed by atoms with E-state index < -0.39 is 6.61 Å². The van der Waals surface area contributed by atoms with Crippen molar-refractivity contribution in [3.8, 4) is 5.75 Å². The predicted molar refractivity (Wildman–Crippen MR) is 80.4 cm³/mol. The molecule has 0 aliphatic heterocycles. The Kier molecular flexibility index (Phi) is 6.39. The molecule has 6 heteroatoms. The largest absolute Gasteiger partial charge is 0.434 e. The van der Waals surface area contributed by atoms with Gasteiger partial charge in [-0.3, -0.25) is 0 Å². The van der Waals surface area contributed by atoms with Gasteiger partial charge < -0.3 is 15.2 Å². The van der Waals surface area contributed by atoms with Gasteiger partial charge >= 0.3 is 6.61 Å². The second-order valence-electron chi connectivity index (χ2n) is 5.35. The van der Waals surface area contributed by atoms with Gasteiger partial charge in [0.1, 0.15) is 5.75 Å². The van der Waals surface area contributed by atoms with E-state index in [1.54, 1.807) is 12.1 Å². The number of ether oxygens (including phenoxy) is 1. The lowest BCUT2D eigenvalue weighted by Crippen LogP contribution is -2.39. The molecule has 0 spiro atoms. The summed E-state index contributed by atoms with van der Waals surface area (Å²) in [4.78, 5) is 0. The molecule has 3 nitrogen and oxygen atoms in total. The quantitative estimate of drug-likeness (QED) is 0.809. The van der Waals surface area contributed by atoms with Crippen molar-refractivity contribution in [2.45, 2.75) is 44.9 Å². The van der Waals surface area contributed by atoms with Crippen molar-refractivity contribution >= 4 is 15.9 Å². The fraction of sp³-hybridized carbons (Fsp3) is 0.600. The number of nitrogens with one attached hydrogen (secondary N) is 1. The van der Waals surface area contributed by atoms with Crippen molar-refractivity contribution in [2.75, 3.05) is 6.61 Å². The second kappa shape index (κ2) is 8.06. The van der Waals surface area contributed by atoms with Crippen molar-refractivity contribution in [2.24, 2.45) is 5.92 Å². The van der Waals surface area contributed by atoms with Crippen molar-refractivity contribution in [3.63, 3.8) is 0 Å². The third-order valence-electron chi connectivity index (χ3n) is 3.94. The number of aliphatic hydroxyl groups is 1. The summed E-state index contributed by atoms with van der Waals surface area (Å²) in [5.41, 5.74) is 0.687. The molecule has 2 rings (SSSR count). The minimum absolute atomic E-state index is 0.163. The molecule has 0 radical (unpaired) electrons. The Morgan fingerprint density at radius 1 is 1.33 bits per heavy atom. The molecule has 1 saturated carbocycles. The molecule has 1 aromatic carbocycles. The molecule has 1 aliphatic rings. The highest BCUT2D eigenvalue weighted by atomic mass is 79.9. The van der Waals surface area contributed by atoms with Gasteiger partial charge in [0.05, 0.1) is 0 Å². The van der Waals surface area contributed by atoms with Gasteiger partial charge in [-0.1, -0.05) is 28.8 Å². The van der Waals surface area contributed by atoms with Crippen molar-refractivity contribution in [1.82, 2.24) is 5.32 Å². The van der Waals surface area contributed by atoms with E-state index in [0.717, 1.165) is 30.2 Å². The van der Waals surface area contributed by atoms with Gasteiger partial charge in [-0.05, 0) is 37.0 Å². The summed E-state index contributed by atoms with van der Waals surface area (Å²) in [6.07, 6.45) is 4.28. The molecule has 0 saturated heterocycles. The topological polar surface area (TPSA) is 41.5 Å². The number of hydrogen-bond donors (Lipinski definition) is 2. The molecule has 1 fully saturated rings. The molecule has 0 amide bonds. The van der Waals surface area contributed by atoms with Gasteiger partial charge in [0.25, 0.3) is 0 Å². The molecule has 2 unspecified atom stereocenters. The lowest BCUT2D eigenvalue weighted by atomic mass is 9.85. The standard InChI is InChI=1S/C15H20BrF2NO2/c16-12-5-6-14(21-15(17)18)11(7-12)8-19-13-4-2-1-3-10(13)9-20/h5-7,10,13,15,19-20H,1-4,8-9H2. The fourth-order valence-corrected chi connectivity index (χ4v) is 3.24.